The fourth-order valence-corrected chi connectivity index (χ4v) is 2.70. The number of benzene rings is 1. The summed E-state index contributed by atoms with van der Waals surface area (Å²) in [5.41, 5.74) is 1.03. The van der Waals surface area contributed by atoms with Gasteiger partial charge in [0.05, 0.1) is 19.3 Å². The summed E-state index contributed by atoms with van der Waals surface area (Å²) in [6.07, 6.45) is 3.86. The van der Waals surface area contributed by atoms with Crippen LogP contribution in [0.4, 0.5) is 4.39 Å². The van der Waals surface area contributed by atoms with Crippen molar-refractivity contribution < 1.29 is 9.13 Å². The second-order valence-electron chi connectivity index (χ2n) is 5.28. The van der Waals surface area contributed by atoms with Gasteiger partial charge < -0.3 is 9.30 Å². The summed E-state index contributed by atoms with van der Waals surface area (Å²) in [6, 6.07) is 6.58. The first-order chi connectivity index (χ1) is 10.3. The molecule has 1 aliphatic heterocycles. The van der Waals surface area contributed by atoms with E-state index in [-0.39, 0.29) is 11.9 Å². The van der Waals surface area contributed by atoms with Gasteiger partial charge in [0.15, 0.2) is 0 Å². The Labute approximate surface area is 124 Å². The van der Waals surface area contributed by atoms with E-state index in [9.17, 15) is 4.39 Å². The van der Waals surface area contributed by atoms with Crippen LogP contribution in [-0.4, -0.2) is 34.1 Å². The van der Waals surface area contributed by atoms with E-state index in [1.807, 2.05) is 12.4 Å². The van der Waals surface area contributed by atoms with E-state index in [1.54, 1.807) is 12.1 Å². The molecule has 1 unspecified atom stereocenters. The molecule has 1 aromatic heterocycles. The predicted octanol–water partition coefficient (Wildman–Crippen LogP) is 2.62. The third-order valence-electron chi connectivity index (χ3n) is 3.90. The SMILES string of the molecule is CCn1ccnc1CN1CCOC(c2ccc(F)cc2)C1. The van der Waals surface area contributed by atoms with Gasteiger partial charge in [0.1, 0.15) is 11.6 Å². The highest BCUT2D eigenvalue weighted by Gasteiger charge is 2.23. The van der Waals surface area contributed by atoms with E-state index in [0.29, 0.717) is 6.61 Å². The van der Waals surface area contributed by atoms with Crippen LogP contribution in [0.1, 0.15) is 24.4 Å². The van der Waals surface area contributed by atoms with Crippen molar-refractivity contribution in [2.24, 2.45) is 0 Å². The highest BCUT2D eigenvalue weighted by atomic mass is 19.1. The highest BCUT2D eigenvalue weighted by molar-refractivity contribution is 5.19. The van der Waals surface area contributed by atoms with Crippen LogP contribution in [0, 0.1) is 5.82 Å². The topological polar surface area (TPSA) is 30.3 Å². The van der Waals surface area contributed by atoms with E-state index >= 15 is 0 Å². The third kappa shape index (κ3) is 3.31. The number of morpholine rings is 1. The highest BCUT2D eigenvalue weighted by Crippen LogP contribution is 2.23. The lowest BCUT2D eigenvalue weighted by atomic mass is 10.1. The van der Waals surface area contributed by atoms with Crippen LogP contribution in [0.15, 0.2) is 36.7 Å². The van der Waals surface area contributed by atoms with Gasteiger partial charge in [-0.2, -0.15) is 0 Å². The maximum absolute atomic E-state index is 13.0. The average molecular weight is 289 g/mol. The average Bonchev–Trinajstić information content (AvgIpc) is 2.95. The van der Waals surface area contributed by atoms with Gasteiger partial charge in [-0.3, -0.25) is 4.90 Å². The molecule has 5 heteroatoms. The molecule has 0 radical (unpaired) electrons. The largest absolute Gasteiger partial charge is 0.371 e. The Hall–Kier alpha value is -1.72. The minimum Gasteiger partial charge on any atom is -0.371 e. The maximum atomic E-state index is 13.0. The van der Waals surface area contributed by atoms with Crippen LogP contribution < -0.4 is 0 Å². The quantitative estimate of drug-likeness (QED) is 0.867. The Balaban J connectivity index is 1.67. The molecule has 0 saturated carbocycles. The third-order valence-corrected chi connectivity index (χ3v) is 3.90. The minimum absolute atomic E-state index is 0.00406. The minimum atomic E-state index is -0.212. The number of aromatic nitrogens is 2. The van der Waals surface area contributed by atoms with Gasteiger partial charge in [0.25, 0.3) is 0 Å². The summed E-state index contributed by atoms with van der Waals surface area (Å²) in [7, 11) is 0. The summed E-state index contributed by atoms with van der Waals surface area (Å²) in [4.78, 5) is 6.76. The van der Waals surface area contributed by atoms with E-state index in [0.717, 1.165) is 37.6 Å². The van der Waals surface area contributed by atoms with Gasteiger partial charge in [-0.1, -0.05) is 12.1 Å². The zero-order chi connectivity index (χ0) is 14.7. The molecular formula is C16H20FN3O. The van der Waals surface area contributed by atoms with Gasteiger partial charge in [-0.05, 0) is 24.6 Å². The molecule has 0 amide bonds. The number of halogens is 1. The van der Waals surface area contributed by atoms with Crippen molar-refractivity contribution in [2.45, 2.75) is 26.1 Å². The Bertz CT molecular complexity index is 581. The number of aryl methyl sites for hydroxylation is 1. The molecule has 112 valence electrons. The Kier molecular flexibility index (Phi) is 4.31. The van der Waals surface area contributed by atoms with E-state index in [1.165, 1.54) is 12.1 Å². The molecule has 1 saturated heterocycles. The number of hydrogen-bond donors (Lipinski definition) is 0. The summed E-state index contributed by atoms with van der Waals surface area (Å²) >= 11 is 0. The zero-order valence-electron chi connectivity index (χ0n) is 12.2. The lowest BCUT2D eigenvalue weighted by Gasteiger charge is -2.33. The summed E-state index contributed by atoms with van der Waals surface area (Å²) in [6.45, 7) is 6.26. The molecule has 4 nitrogen and oxygen atoms in total. The first-order valence-corrected chi connectivity index (χ1v) is 7.35. The normalized spacial score (nSPS) is 19.8. The molecule has 21 heavy (non-hydrogen) atoms. The number of nitrogens with zero attached hydrogens (tertiary/aromatic N) is 3. The summed E-state index contributed by atoms with van der Waals surface area (Å²) in [5, 5.41) is 0. The van der Waals surface area contributed by atoms with Crippen molar-refractivity contribution in [3.8, 4) is 0 Å². The van der Waals surface area contributed by atoms with Gasteiger partial charge in [-0.25, -0.2) is 9.37 Å². The summed E-state index contributed by atoms with van der Waals surface area (Å²) < 4.78 is 21.0. The van der Waals surface area contributed by atoms with E-state index in [2.05, 4.69) is 21.4 Å². The van der Waals surface area contributed by atoms with Crippen LogP contribution in [0.2, 0.25) is 0 Å². The zero-order valence-corrected chi connectivity index (χ0v) is 12.2. The molecule has 1 aromatic carbocycles. The van der Waals surface area contributed by atoms with Crippen molar-refractivity contribution in [2.75, 3.05) is 19.7 Å². The second-order valence-corrected chi connectivity index (χ2v) is 5.28. The fraction of sp³-hybridized carbons (Fsp3) is 0.438. The molecule has 0 bridgehead atoms. The monoisotopic (exact) mass is 289 g/mol. The van der Waals surface area contributed by atoms with Crippen molar-refractivity contribution in [1.82, 2.24) is 14.5 Å². The number of ether oxygens (including phenoxy) is 1. The maximum Gasteiger partial charge on any atom is 0.123 e. The van der Waals surface area contributed by atoms with Crippen molar-refractivity contribution in [3.05, 3.63) is 53.9 Å². The predicted molar refractivity (Wildman–Crippen MR) is 78.3 cm³/mol. The fourth-order valence-electron chi connectivity index (χ4n) is 2.70. The Morgan fingerprint density at radius 1 is 1.33 bits per heavy atom. The number of rotatable bonds is 4. The van der Waals surface area contributed by atoms with Gasteiger partial charge >= 0.3 is 0 Å². The van der Waals surface area contributed by atoms with Crippen LogP contribution in [0.3, 0.4) is 0 Å². The molecule has 1 fully saturated rings. The first kappa shape index (κ1) is 14.2. The lowest BCUT2D eigenvalue weighted by Crippen LogP contribution is -2.38. The van der Waals surface area contributed by atoms with Crippen LogP contribution in [-0.2, 0) is 17.8 Å². The Morgan fingerprint density at radius 3 is 2.90 bits per heavy atom. The van der Waals surface area contributed by atoms with Crippen LogP contribution >= 0.6 is 0 Å². The molecule has 2 aromatic rings. The molecular weight excluding hydrogens is 269 g/mol. The molecule has 1 atom stereocenters. The Morgan fingerprint density at radius 2 is 2.14 bits per heavy atom. The van der Waals surface area contributed by atoms with E-state index in [4.69, 9.17) is 4.74 Å². The smallest absolute Gasteiger partial charge is 0.123 e. The number of imidazole rings is 1. The standard InChI is InChI=1S/C16H20FN3O/c1-2-20-8-7-18-16(20)12-19-9-10-21-15(11-19)13-3-5-14(17)6-4-13/h3-8,15H,2,9-12H2,1H3. The second kappa shape index (κ2) is 6.37. The van der Waals surface area contributed by atoms with Crippen LogP contribution in [0.25, 0.3) is 0 Å². The first-order valence-electron chi connectivity index (χ1n) is 7.35. The van der Waals surface area contributed by atoms with Crippen molar-refractivity contribution in [1.29, 1.82) is 0 Å². The lowest BCUT2D eigenvalue weighted by molar-refractivity contribution is -0.0339. The van der Waals surface area contributed by atoms with Crippen molar-refractivity contribution in [3.63, 3.8) is 0 Å². The molecule has 2 heterocycles. The molecule has 0 N–H and O–H groups in total. The molecule has 1 aliphatic rings. The van der Waals surface area contributed by atoms with Gasteiger partial charge in [0.2, 0.25) is 0 Å². The summed E-state index contributed by atoms with van der Waals surface area (Å²) in [5.74, 6) is 0.869. The molecule has 0 aliphatic carbocycles. The van der Waals surface area contributed by atoms with Crippen molar-refractivity contribution >= 4 is 0 Å². The van der Waals surface area contributed by atoms with E-state index < -0.39 is 0 Å². The molecule has 3 rings (SSSR count). The molecule has 0 spiro atoms. The van der Waals surface area contributed by atoms with Crippen LogP contribution in [0.5, 0.6) is 0 Å². The number of hydrogen-bond acceptors (Lipinski definition) is 3. The van der Waals surface area contributed by atoms with Gasteiger partial charge in [-0.15, -0.1) is 0 Å². The van der Waals surface area contributed by atoms with Gasteiger partial charge in [0, 0.05) is 32.0 Å².